The average Bonchev–Trinajstić information content (AvgIpc) is 3.10. The summed E-state index contributed by atoms with van der Waals surface area (Å²) in [7, 11) is -1.67. The molecule has 0 saturated carbocycles. The van der Waals surface area contributed by atoms with Gasteiger partial charge in [0.2, 0.25) is 0 Å². The number of hydrogen-bond donors (Lipinski definition) is 0. The summed E-state index contributed by atoms with van der Waals surface area (Å²) in [5, 5.41) is 0.511. The Bertz CT molecular complexity index is 1760. The predicted molar refractivity (Wildman–Crippen MR) is 159 cm³/mol. The van der Waals surface area contributed by atoms with Crippen LogP contribution >= 0.6 is 11.6 Å². The van der Waals surface area contributed by atoms with E-state index in [1.807, 2.05) is 11.0 Å². The Kier molecular flexibility index (Phi) is 7.74. The van der Waals surface area contributed by atoms with Crippen molar-refractivity contribution in [3.63, 3.8) is 0 Å². The van der Waals surface area contributed by atoms with Gasteiger partial charge in [0, 0.05) is 42.5 Å². The van der Waals surface area contributed by atoms with E-state index in [4.69, 9.17) is 11.6 Å². The number of carbonyl (C=O) groups excluding carboxylic acids is 2. The third kappa shape index (κ3) is 5.77. The normalized spacial score (nSPS) is 16.9. The number of fused-ring (bicyclic) bond motifs is 2. The van der Waals surface area contributed by atoms with Crippen LogP contribution in [0.1, 0.15) is 31.8 Å². The van der Waals surface area contributed by atoms with Crippen LogP contribution in [0.15, 0.2) is 101 Å². The molecule has 220 valence electrons. The fraction of sp³-hybridized carbons (Fsp3) is 0.188. The maximum Gasteiger partial charge on any atom is 0.416 e. The zero-order chi connectivity index (χ0) is 30.3. The Hall–Kier alpha value is -4.15. The smallest absolute Gasteiger partial charge is 0.368 e. The highest BCUT2D eigenvalue weighted by atomic mass is 35.5. The van der Waals surface area contributed by atoms with E-state index >= 15 is 0 Å². The number of rotatable bonds is 4. The van der Waals surface area contributed by atoms with Gasteiger partial charge >= 0.3 is 6.18 Å². The van der Waals surface area contributed by atoms with E-state index in [-0.39, 0.29) is 18.4 Å². The topological polar surface area (TPSA) is 60.9 Å². The molecule has 11 heteroatoms. The summed E-state index contributed by atoms with van der Waals surface area (Å²) < 4.78 is 53.3. The van der Waals surface area contributed by atoms with Gasteiger partial charge in [-0.1, -0.05) is 41.9 Å². The first-order valence-electron chi connectivity index (χ1n) is 13.5. The van der Waals surface area contributed by atoms with E-state index in [2.05, 4.69) is 0 Å². The van der Waals surface area contributed by atoms with Gasteiger partial charge in [-0.05, 0) is 66.2 Å². The van der Waals surface area contributed by atoms with Crippen molar-refractivity contribution in [2.24, 2.45) is 0 Å². The first kappa shape index (κ1) is 28.9. The molecule has 2 heterocycles. The predicted octanol–water partition coefficient (Wildman–Crippen LogP) is 6.65. The van der Waals surface area contributed by atoms with Gasteiger partial charge in [-0.2, -0.15) is 13.2 Å². The van der Waals surface area contributed by atoms with Crippen molar-refractivity contribution in [1.82, 2.24) is 4.90 Å². The highest BCUT2D eigenvalue weighted by Gasteiger charge is 2.33. The summed E-state index contributed by atoms with van der Waals surface area (Å²) >= 11 is 6.21. The fourth-order valence-corrected chi connectivity index (χ4v) is 6.96. The monoisotopic (exact) mass is 623 g/mol. The SMILES string of the molecule is O=C(c1ccc2c(c1)N(Cc1cccc(Cl)c1)C(=O)c1ccccc1S2=O)N1CCN(c2cccc(C(F)(F)F)c2)CC1. The molecule has 0 aliphatic carbocycles. The summed E-state index contributed by atoms with van der Waals surface area (Å²) in [6, 6.07) is 23.9. The Labute approximate surface area is 253 Å². The van der Waals surface area contributed by atoms with E-state index in [0.717, 1.165) is 17.7 Å². The maximum absolute atomic E-state index is 13.9. The summed E-state index contributed by atoms with van der Waals surface area (Å²) in [4.78, 5) is 33.3. The van der Waals surface area contributed by atoms with Gasteiger partial charge in [0.1, 0.15) is 0 Å². The van der Waals surface area contributed by atoms with Crippen LogP contribution in [-0.2, 0) is 23.5 Å². The molecule has 0 bridgehead atoms. The molecule has 1 saturated heterocycles. The van der Waals surface area contributed by atoms with Crippen LogP contribution in [0.25, 0.3) is 0 Å². The minimum Gasteiger partial charge on any atom is -0.368 e. The van der Waals surface area contributed by atoms with E-state index in [9.17, 15) is 27.0 Å². The first-order valence-corrected chi connectivity index (χ1v) is 15.1. The first-order chi connectivity index (χ1) is 20.6. The van der Waals surface area contributed by atoms with Crippen LogP contribution in [0.4, 0.5) is 24.5 Å². The molecule has 0 radical (unpaired) electrons. The van der Waals surface area contributed by atoms with E-state index in [1.165, 1.54) is 11.0 Å². The molecular formula is C32H25ClF3N3O3S. The highest BCUT2D eigenvalue weighted by Crippen LogP contribution is 2.37. The quantitative estimate of drug-likeness (QED) is 0.256. The van der Waals surface area contributed by atoms with Crippen LogP contribution in [0.2, 0.25) is 5.02 Å². The van der Waals surface area contributed by atoms with Gasteiger partial charge in [-0.25, -0.2) is 4.21 Å². The number of piperazine rings is 1. The number of halogens is 4. The Morgan fingerprint density at radius 2 is 1.58 bits per heavy atom. The van der Waals surface area contributed by atoms with Crippen molar-refractivity contribution in [3.05, 3.63) is 118 Å². The molecule has 2 aliphatic rings. The molecule has 0 N–H and O–H groups in total. The van der Waals surface area contributed by atoms with Crippen molar-refractivity contribution in [2.75, 3.05) is 36.0 Å². The molecule has 4 aromatic carbocycles. The minimum absolute atomic E-state index is 0.144. The molecule has 0 aromatic heterocycles. The number of anilines is 2. The van der Waals surface area contributed by atoms with Gasteiger partial charge in [0.15, 0.2) is 0 Å². The number of alkyl halides is 3. The number of nitrogens with zero attached hydrogens (tertiary/aromatic N) is 3. The Morgan fingerprint density at radius 3 is 2.33 bits per heavy atom. The molecule has 2 amide bonds. The van der Waals surface area contributed by atoms with Crippen LogP contribution in [0.3, 0.4) is 0 Å². The molecule has 4 aromatic rings. The molecule has 6 nitrogen and oxygen atoms in total. The zero-order valence-corrected chi connectivity index (χ0v) is 24.3. The lowest BCUT2D eigenvalue weighted by molar-refractivity contribution is -0.137. The molecule has 43 heavy (non-hydrogen) atoms. The zero-order valence-electron chi connectivity index (χ0n) is 22.7. The van der Waals surface area contributed by atoms with Crippen molar-refractivity contribution >= 4 is 45.6 Å². The van der Waals surface area contributed by atoms with Crippen LogP contribution < -0.4 is 9.80 Å². The molecular weight excluding hydrogens is 599 g/mol. The number of benzene rings is 4. The second-order valence-corrected chi connectivity index (χ2v) is 12.1. The van der Waals surface area contributed by atoms with Crippen molar-refractivity contribution < 1.29 is 27.0 Å². The molecule has 0 spiro atoms. The lowest BCUT2D eigenvalue weighted by atomic mass is 10.1. The summed E-state index contributed by atoms with van der Waals surface area (Å²) in [5.41, 5.74) is 1.50. The molecule has 1 fully saturated rings. The second kappa shape index (κ2) is 11.5. The van der Waals surface area contributed by atoms with E-state index in [0.29, 0.717) is 63.5 Å². The number of hydrogen-bond acceptors (Lipinski definition) is 4. The number of amides is 2. The lowest BCUT2D eigenvalue weighted by Gasteiger charge is -2.36. The van der Waals surface area contributed by atoms with Crippen LogP contribution in [0.5, 0.6) is 0 Å². The molecule has 1 unspecified atom stereocenters. The van der Waals surface area contributed by atoms with Crippen LogP contribution in [-0.4, -0.2) is 47.1 Å². The van der Waals surface area contributed by atoms with Gasteiger partial charge in [-0.15, -0.1) is 0 Å². The third-order valence-corrected chi connectivity index (χ3v) is 9.33. The lowest BCUT2D eigenvalue weighted by Crippen LogP contribution is -2.48. The largest absolute Gasteiger partial charge is 0.416 e. The Balaban J connectivity index is 1.28. The summed E-state index contributed by atoms with van der Waals surface area (Å²) in [5.74, 6) is -0.629. The van der Waals surface area contributed by atoms with Gasteiger partial charge in [0.05, 0.1) is 43.9 Å². The number of carbonyl (C=O) groups is 2. The van der Waals surface area contributed by atoms with Crippen molar-refractivity contribution in [3.8, 4) is 0 Å². The van der Waals surface area contributed by atoms with Gasteiger partial charge in [0.25, 0.3) is 11.8 Å². The van der Waals surface area contributed by atoms with Crippen molar-refractivity contribution in [2.45, 2.75) is 22.5 Å². The summed E-state index contributed by atoms with van der Waals surface area (Å²) in [6.07, 6.45) is -4.44. The van der Waals surface area contributed by atoms with E-state index < -0.39 is 22.5 Å². The second-order valence-electron chi connectivity index (χ2n) is 10.3. The Morgan fingerprint density at radius 1 is 0.837 bits per heavy atom. The highest BCUT2D eigenvalue weighted by molar-refractivity contribution is 7.85. The molecule has 2 aliphatic heterocycles. The standard InChI is InChI=1S/C32H25ClF3N3O3S/c33-24-7-3-5-21(17-24)20-39-27-18-22(11-12-29(27)43(42)28-10-2-1-9-26(28)31(39)41)30(40)38-15-13-37(14-16-38)25-8-4-6-23(19-25)32(34,35)36/h1-12,17-19H,13-16,20H2. The van der Waals surface area contributed by atoms with E-state index in [1.54, 1.807) is 71.6 Å². The van der Waals surface area contributed by atoms with Gasteiger partial charge in [-0.3, -0.25) is 9.59 Å². The minimum atomic E-state index is -4.44. The average molecular weight is 624 g/mol. The van der Waals surface area contributed by atoms with Crippen molar-refractivity contribution in [1.29, 1.82) is 0 Å². The maximum atomic E-state index is 13.9. The van der Waals surface area contributed by atoms with Gasteiger partial charge < -0.3 is 14.7 Å². The fourth-order valence-electron chi connectivity index (χ4n) is 5.40. The summed E-state index contributed by atoms with van der Waals surface area (Å²) in [6.45, 7) is 1.46. The molecule has 6 rings (SSSR count). The molecule has 1 atom stereocenters. The van der Waals surface area contributed by atoms with Crippen LogP contribution in [0, 0.1) is 0 Å². The third-order valence-electron chi connectivity index (χ3n) is 7.59.